The van der Waals surface area contributed by atoms with E-state index in [-0.39, 0.29) is 6.61 Å². The molecular formula is C15H21NO. The topological polar surface area (TPSA) is 23.5 Å². The van der Waals surface area contributed by atoms with E-state index < -0.39 is 0 Å². The van der Waals surface area contributed by atoms with Gasteiger partial charge in [0.25, 0.3) is 0 Å². The third kappa shape index (κ3) is 3.60. The van der Waals surface area contributed by atoms with Crippen molar-refractivity contribution in [2.75, 3.05) is 24.6 Å². The van der Waals surface area contributed by atoms with E-state index in [0.717, 1.165) is 6.42 Å². The van der Waals surface area contributed by atoms with Crippen LogP contribution in [0, 0.1) is 0 Å². The summed E-state index contributed by atoms with van der Waals surface area (Å²) in [6, 6.07) is 8.65. The number of piperidine rings is 1. The second-order valence-corrected chi connectivity index (χ2v) is 4.56. The Kier molecular flexibility index (Phi) is 4.63. The van der Waals surface area contributed by atoms with Gasteiger partial charge in [-0.05, 0) is 43.4 Å². The molecule has 0 spiro atoms. The van der Waals surface area contributed by atoms with Gasteiger partial charge in [0.2, 0.25) is 0 Å². The summed E-state index contributed by atoms with van der Waals surface area (Å²) >= 11 is 0. The molecule has 0 atom stereocenters. The standard InChI is InChI=1S/C15H21NO/c17-12-5-2-7-14-8-6-9-15(13-14)16-10-3-1-4-11-16/h2,6-9,13,17H,1,3-5,10-12H2. The quantitative estimate of drug-likeness (QED) is 0.861. The van der Waals surface area contributed by atoms with E-state index in [2.05, 4.69) is 35.2 Å². The molecule has 1 aromatic carbocycles. The van der Waals surface area contributed by atoms with E-state index in [9.17, 15) is 0 Å². The number of hydrogen-bond acceptors (Lipinski definition) is 2. The van der Waals surface area contributed by atoms with Crippen LogP contribution in [0.3, 0.4) is 0 Å². The van der Waals surface area contributed by atoms with Crippen LogP contribution in [0.15, 0.2) is 30.3 Å². The molecule has 0 radical (unpaired) electrons. The van der Waals surface area contributed by atoms with Gasteiger partial charge in [0, 0.05) is 25.4 Å². The first-order valence-corrected chi connectivity index (χ1v) is 6.52. The van der Waals surface area contributed by atoms with E-state index in [4.69, 9.17) is 5.11 Å². The van der Waals surface area contributed by atoms with Crippen LogP contribution in [0.2, 0.25) is 0 Å². The lowest BCUT2D eigenvalue weighted by molar-refractivity contribution is 0.303. The highest BCUT2D eigenvalue weighted by atomic mass is 16.2. The Labute approximate surface area is 104 Å². The van der Waals surface area contributed by atoms with Crippen molar-refractivity contribution in [1.82, 2.24) is 0 Å². The Morgan fingerprint density at radius 1 is 1.18 bits per heavy atom. The van der Waals surface area contributed by atoms with Crippen molar-refractivity contribution in [3.05, 3.63) is 35.9 Å². The molecule has 1 saturated heterocycles. The minimum Gasteiger partial charge on any atom is -0.396 e. The minimum atomic E-state index is 0.225. The summed E-state index contributed by atoms with van der Waals surface area (Å²) < 4.78 is 0. The number of aliphatic hydroxyl groups excluding tert-OH is 1. The average molecular weight is 231 g/mol. The highest BCUT2D eigenvalue weighted by Gasteiger charge is 2.10. The van der Waals surface area contributed by atoms with Crippen LogP contribution >= 0.6 is 0 Å². The van der Waals surface area contributed by atoms with E-state index >= 15 is 0 Å². The van der Waals surface area contributed by atoms with Gasteiger partial charge in [0.05, 0.1) is 0 Å². The lowest BCUT2D eigenvalue weighted by atomic mass is 10.1. The van der Waals surface area contributed by atoms with Gasteiger partial charge in [0.1, 0.15) is 0 Å². The zero-order valence-electron chi connectivity index (χ0n) is 10.3. The van der Waals surface area contributed by atoms with Crippen LogP contribution in [0.25, 0.3) is 6.08 Å². The van der Waals surface area contributed by atoms with Gasteiger partial charge >= 0.3 is 0 Å². The van der Waals surface area contributed by atoms with Gasteiger partial charge in [-0.2, -0.15) is 0 Å². The molecule has 0 unspecified atom stereocenters. The summed E-state index contributed by atoms with van der Waals surface area (Å²) in [7, 11) is 0. The van der Waals surface area contributed by atoms with E-state index in [0.29, 0.717) is 0 Å². The highest BCUT2D eigenvalue weighted by Crippen LogP contribution is 2.21. The molecule has 0 aromatic heterocycles. The highest BCUT2D eigenvalue weighted by molar-refractivity contribution is 5.58. The minimum absolute atomic E-state index is 0.225. The molecule has 2 rings (SSSR count). The molecule has 1 aliphatic rings. The fraction of sp³-hybridized carbons (Fsp3) is 0.467. The second kappa shape index (κ2) is 6.45. The van der Waals surface area contributed by atoms with Crippen molar-refractivity contribution >= 4 is 11.8 Å². The van der Waals surface area contributed by atoms with Crippen molar-refractivity contribution in [2.45, 2.75) is 25.7 Å². The fourth-order valence-electron chi connectivity index (χ4n) is 2.27. The summed E-state index contributed by atoms with van der Waals surface area (Å²) in [6.45, 7) is 2.59. The van der Waals surface area contributed by atoms with Crippen LogP contribution in [0.1, 0.15) is 31.2 Å². The Bertz CT molecular complexity index is 367. The Balaban J connectivity index is 2.05. The van der Waals surface area contributed by atoms with Crippen molar-refractivity contribution < 1.29 is 5.11 Å². The Hall–Kier alpha value is -1.28. The zero-order chi connectivity index (χ0) is 11.9. The van der Waals surface area contributed by atoms with Crippen molar-refractivity contribution in [3.8, 4) is 0 Å². The summed E-state index contributed by atoms with van der Waals surface area (Å²) in [4.78, 5) is 2.47. The number of rotatable bonds is 4. The third-order valence-electron chi connectivity index (χ3n) is 3.20. The van der Waals surface area contributed by atoms with Gasteiger partial charge in [0.15, 0.2) is 0 Å². The summed E-state index contributed by atoms with van der Waals surface area (Å²) in [5.74, 6) is 0. The SMILES string of the molecule is OCCC=Cc1cccc(N2CCCCC2)c1. The predicted octanol–water partition coefficient (Wildman–Crippen LogP) is 3.07. The first-order valence-electron chi connectivity index (χ1n) is 6.52. The Morgan fingerprint density at radius 2 is 2.00 bits per heavy atom. The molecule has 0 amide bonds. The zero-order valence-corrected chi connectivity index (χ0v) is 10.3. The molecule has 1 N–H and O–H groups in total. The number of benzene rings is 1. The lowest BCUT2D eigenvalue weighted by Crippen LogP contribution is -2.29. The van der Waals surface area contributed by atoms with Crippen LogP contribution in [0.5, 0.6) is 0 Å². The van der Waals surface area contributed by atoms with Crippen molar-refractivity contribution in [1.29, 1.82) is 0 Å². The lowest BCUT2D eigenvalue weighted by Gasteiger charge is -2.29. The second-order valence-electron chi connectivity index (χ2n) is 4.56. The molecule has 92 valence electrons. The molecule has 1 heterocycles. The summed E-state index contributed by atoms with van der Waals surface area (Å²) in [6.07, 6.45) is 8.83. The molecule has 1 aromatic rings. The number of nitrogens with zero attached hydrogens (tertiary/aromatic N) is 1. The fourth-order valence-corrected chi connectivity index (χ4v) is 2.27. The maximum absolute atomic E-state index is 8.74. The van der Waals surface area contributed by atoms with Crippen LogP contribution < -0.4 is 4.90 Å². The van der Waals surface area contributed by atoms with Crippen LogP contribution in [-0.2, 0) is 0 Å². The van der Waals surface area contributed by atoms with Crippen molar-refractivity contribution in [2.24, 2.45) is 0 Å². The van der Waals surface area contributed by atoms with Gasteiger partial charge in [-0.15, -0.1) is 0 Å². The molecule has 1 fully saturated rings. The van der Waals surface area contributed by atoms with Gasteiger partial charge in [-0.1, -0.05) is 24.3 Å². The van der Waals surface area contributed by atoms with Crippen LogP contribution in [-0.4, -0.2) is 24.8 Å². The van der Waals surface area contributed by atoms with Crippen molar-refractivity contribution in [3.63, 3.8) is 0 Å². The molecular weight excluding hydrogens is 210 g/mol. The molecule has 0 bridgehead atoms. The first kappa shape index (κ1) is 12.2. The van der Waals surface area contributed by atoms with Crippen LogP contribution in [0.4, 0.5) is 5.69 Å². The Morgan fingerprint density at radius 3 is 2.76 bits per heavy atom. The molecule has 2 heteroatoms. The van der Waals surface area contributed by atoms with Gasteiger partial charge in [-0.3, -0.25) is 0 Å². The summed E-state index contributed by atoms with van der Waals surface area (Å²) in [5, 5.41) is 8.74. The average Bonchev–Trinajstić information content (AvgIpc) is 2.41. The maximum Gasteiger partial charge on any atom is 0.0465 e. The van der Waals surface area contributed by atoms with Gasteiger partial charge < -0.3 is 10.0 Å². The first-order chi connectivity index (χ1) is 8.40. The number of hydrogen-bond donors (Lipinski definition) is 1. The largest absolute Gasteiger partial charge is 0.396 e. The predicted molar refractivity (Wildman–Crippen MR) is 73.2 cm³/mol. The number of anilines is 1. The molecule has 0 aliphatic carbocycles. The van der Waals surface area contributed by atoms with Gasteiger partial charge in [-0.25, -0.2) is 0 Å². The normalized spacial score (nSPS) is 16.6. The molecule has 1 aliphatic heterocycles. The number of aliphatic hydroxyl groups is 1. The maximum atomic E-state index is 8.74. The summed E-state index contributed by atoms with van der Waals surface area (Å²) in [5.41, 5.74) is 2.55. The smallest absolute Gasteiger partial charge is 0.0465 e. The van der Waals surface area contributed by atoms with E-state index in [1.807, 2.05) is 6.08 Å². The monoisotopic (exact) mass is 231 g/mol. The van der Waals surface area contributed by atoms with E-state index in [1.54, 1.807) is 0 Å². The van der Waals surface area contributed by atoms with E-state index in [1.165, 1.54) is 43.6 Å². The molecule has 2 nitrogen and oxygen atoms in total. The molecule has 17 heavy (non-hydrogen) atoms. The third-order valence-corrected chi connectivity index (χ3v) is 3.20. The molecule has 0 saturated carbocycles.